The van der Waals surface area contributed by atoms with Crippen LogP contribution in [-0.2, 0) is 6.54 Å². The van der Waals surface area contributed by atoms with Crippen LogP contribution in [0.5, 0.6) is 0 Å². The lowest BCUT2D eigenvalue weighted by Crippen LogP contribution is -2.50. The molecule has 2 fully saturated rings. The molecule has 8 nitrogen and oxygen atoms in total. The molecule has 0 bridgehead atoms. The van der Waals surface area contributed by atoms with Crippen molar-refractivity contribution in [1.29, 1.82) is 0 Å². The van der Waals surface area contributed by atoms with Crippen LogP contribution in [0.25, 0.3) is 5.69 Å². The summed E-state index contributed by atoms with van der Waals surface area (Å²) in [5.41, 5.74) is 1.84. The van der Waals surface area contributed by atoms with E-state index < -0.39 is 0 Å². The van der Waals surface area contributed by atoms with Crippen molar-refractivity contribution in [3.63, 3.8) is 0 Å². The Morgan fingerprint density at radius 3 is 2.64 bits per heavy atom. The highest BCUT2D eigenvalue weighted by Crippen LogP contribution is 2.18. The minimum Gasteiger partial charge on any atom is -0.336 e. The van der Waals surface area contributed by atoms with Crippen LogP contribution < -0.4 is 10.6 Å². The van der Waals surface area contributed by atoms with Crippen LogP contribution in [0.1, 0.15) is 18.4 Å². The molecule has 148 valence electrons. The molecular formula is C19H23ClN6O2. The molecule has 3 heterocycles. The third-order valence-electron chi connectivity index (χ3n) is 5.25. The number of hydrogen-bond acceptors (Lipinski definition) is 3. The fraction of sp³-hybridized carbons (Fsp3) is 0.421. The van der Waals surface area contributed by atoms with Crippen LogP contribution in [0.4, 0.5) is 9.59 Å². The number of piperidine rings is 1. The highest BCUT2D eigenvalue weighted by atomic mass is 35.5. The monoisotopic (exact) mass is 402 g/mol. The van der Waals surface area contributed by atoms with Crippen molar-refractivity contribution in [2.45, 2.75) is 25.4 Å². The molecule has 0 saturated carbocycles. The van der Waals surface area contributed by atoms with Gasteiger partial charge >= 0.3 is 12.1 Å². The molecule has 0 radical (unpaired) electrons. The molecule has 0 spiro atoms. The first kappa shape index (κ1) is 18.6. The average molecular weight is 403 g/mol. The standard InChI is InChI=1S/C19H23ClN6O2/c20-15-1-3-17(4-2-15)26-13-14(12-23-26)11-22-18(27)24-8-5-16(6-9-24)25-10-7-21-19(25)28/h1-4,12-13,16H,5-11H2,(H,21,28)(H,22,27). The van der Waals surface area contributed by atoms with Gasteiger partial charge in [-0.25, -0.2) is 14.3 Å². The third-order valence-corrected chi connectivity index (χ3v) is 5.51. The molecule has 1 aromatic carbocycles. The SMILES string of the molecule is O=C(NCc1cnn(-c2ccc(Cl)cc2)c1)N1CCC(N2CCNC2=O)CC1. The number of urea groups is 2. The summed E-state index contributed by atoms with van der Waals surface area (Å²) >= 11 is 5.91. The van der Waals surface area contributed by atoms with Crippen LogP contribution in [0, 0.1) is 0 Å². The van der Waals surface area contributed by atoms with E-state index in [1.54, 1.807) is 10.9 Å². The normalized spacial score (nSPS) is 17.7. The molecule has 9 heteroatoms. The lowest BCUT2D eigenvalue weighted by molar-refractivity contribution is 0.141. The van der Waals surface area contributed by atoms with Crippen molar-refractivity contribution >= 4 is 23.7 Å². The van der Waals surface area contributed by atoms with Gasteiger partial charge in [-0.1, -0.05) is 11.6 Å². The Labute approximate surface area is 168 Å². The molecule has 28 heavy (non-hydrogen) atoms. The predicted octanol–water partition coefficient (Wildman–Crippen LogP) is 2.22. The number of likely N-dealkylation sites (tertiary alicyclic amines) is 1. The van der Waals surface area contributed by atoms with E-state index in [0.717, 1.165) is 30.6 Å². The van der Waals surface area contributed by atoms with E-state index >= 15 is 0 Å². The summed E-state index contributed by atoms with van der Waals surface area (Å²) in [6.45, 7) is 3.20. The molecule has 2 aliphatic heterocycles. The fourth-order valence-corrected chi connectivity index (χ4v) is 3.82. The summed E-state index contributed by atoms with van der Waals surface area (Å²) in [4.78, 5) is 27.9. The maximum absolute atomic E-state index is 12.5. The van der Waals surface area contributed by atoms with Crippen LogP contribution in [0.2, 0.25) is 5.02 Å². The second-order valence-corrected chi connectivity index (χ2v) is 7.51. The molecule has 4 rings (SSSR count). The lowest BCUT2D eigenvalue weighted by atomic mass is 10.0. The van der Waals surface area contributed by atoms with Crippen LogP contribution in [-0.4, -0.2) is 63.9 Å². The number of carbonyl (C=O) groups is 2. The molecule has 0 aliphatic carbocycles. The smallest absolute Gasteiger partial charge is 0.317 e. The highest BCUT2D eigenvalue weighted by molar-refractivity contribution is 6.30. The van der Waals surface area contributed by atoms with Crippen LogP contribution >= 0.6 is 11.6 Å². The second kappa shape index (κ2) is 8.10. The molecule has 2 aromatic rings. The Kier molecular flexibility index (Phi) is 5.38. The van der Waals surface area contributed by atoms with Crippen LogP contribution in [0.3, 0.4) is 0 Å². The summed E-state index contributed by atoms with van der Waals surface area (Å²) < 4.78 is 1.75. The van der Waals surface area contributed by atoms with Gasteiger partial charge in [-0.15, -0.1) is 0 Å². The van der Waals surface area contributed by atoms with E-state index in [9.17, 15) is 9.59 Å². The van der Waals surface area contributed by atoms with E-state index in [1.165, 1.54) is 0 Å². The molecule has 2 saturated heterocycles. The van der Waals surface area contributed by atoms with Crippen molar-refractivity contribution < 1.29 is 9.59 Å². The number of rotatable bonds is 4. The first-order valence-corrected chi connectivity index (χ1v) is 9.85. The van der Waals surface area contributed by atoms with E-state index in [-0.39, 0.29) is 18.1 Å². The topological polar surface area (TPSA) is 82.5 Å². The Balaban J connectivity index is 1.26. The maximum atomic E-state index is 12.5. The average Bonchev–Trinajstić information content (AvgIpc) is 3.36. The zero-order valence-electron chi connectivity index (χ0n) is 15.5. The Morgan fingerprint density at radius 1 is 1.21 bits per heavy atom. The second-order valence-electron chi connectivity index (χ2n) is 7.07. The number of hydrogen-bond donors (Lipinski definition) is 2. The molecular weight excluding hydrogens is 380 g/mol. The summed E-state index contributed by atoms with van der Waals surface area (Å²) in [5.74, 6) is 0. The van der Waals surface area contributed by atoms with Gasteiger partial charge in [0.05, 0.1) is 11.9 Å². The van der Waals surface area contributed by atoms with E-state index in [0.29, 0.717) is 31.2 Å². The van der Waals surface area contributed by atoms with Gasteiger partial charge in [0.25, 0.3) is 0 Å². The van der Waals surface area contributed by atoms with Crippen LogP contribution in [0.15, 0.2) is 36.7 Å². The number of halogens is 1. The Hall–Kier alpha value is -2.74. The summed E-state index contributed by atoms with van der Waals surface area (Å²) in [6.07, 6.45) is 5.26. The number of aromatic nitrogens is 2. The van der Waals surface area contributed by atoms with Gasteiger partial charge in [0.2, 0.25) is 0 Å². The number of benzene rings is 1. The van der Waals surface area contributed by atoms with Gasteiger partial charge in [0, 0.05) is 55.5 Å². The molecule has 2 aliphatic rings. The molecule has 0 atom stereocenters. The largest absolute Gasteiger partial charge is 0.336 e. The number of nitrogens with zero attached hydrogens (tertiary/aromatic N) is 4. The third kappa shape index (κ3) is 4.06. The maximum Gasteiger partial charge on any atom is 0.317 e. The number of carbonyl (C=O) groups excluding carboxylic acids is 2. The zero-order valence-corrected chi connectivity index (χ0v) is 16.2. The van der Waals surface area contributed by atoms with Crippen molar-refractivity contribution in [3.05, 3.63) is 47.2 Å². The number of amides is 4. The van der Waals surface area contributed by atoms with E-state index in [4.69, 9.17) is 11.6 Å². The fourth-order valence-electron chi connectivity index (χ4n) is 3.69. The predicted molar refractivity (Wildman–Crippen MR) is 106 cm³/mol. The minimum absolute atomic E-state index is 0.0144. The quantitative estimate of drug-likeness (QED) is 0.822. The van der Waals surface area contributed by atoms with Gasteiger partial charge in [-0.2, -0.15) is 5.10 Å². The first-order chi connectivity index (χ1) is 13.6. The Bertz CT molecular complexity index is 844. The van der Waals surface area contributed by atoms with E-state index in [1.807, 2.05) is 40.3 Å². The molecule has 4 amide bonds. The zero-order chi connectivity index (χ0) is 19.5. The van der Waals surface area contributed by atoms with Crippen molar-refractivity contribution in [1.82, 2.24) is 30.2 Å². The molecule has 1 aromatic heterocycles. The van der Waals surface area contributed by atoms with Gasteiger partial charge in [0.1, 0.15) is 0 Å². The van der Waals surface area contributed by atoms with Crippen molar-refractivity contribution in [2.75, 3.05) is 26.2 Å². The molecule has 0 unspecified atom stereocenters. The molecule has 2 N–H and O–H groups in total. The number of nitrogens with one attached hydrogen (secondary N) is 2. The highest BCUT2D eigenvalue weighted by Gasteiger charge is 2.31. The Morgan fingerprint density at radius 2 is 1.96 bits per heavy atom. The summed E-state index contributed by atoms with van der Waals surface area (Å²) in [5, 5.41) is 10.8. The summed E-state index contributed by atoms with van der Waals surface area (Å²) in [7, 11) is 0. The van der Waals surface area contributed by atoms with Gasteiger partial charge in [0.15, 0.2) is 0 Å². The first-order valence-electron chi connectivity index (χ1n) is 9.47. The minimum atomic E-state index is -0.0800. The van der Waals surface area contributed by atoms with Gasteiger partial charge < -0.3 is 20.4 Å². The van der Waals surface area contributed by atoms with Gasteiger partial charge in [-0.05, 0) is 37.1 Å². The summed E-state index contributed by atoms with van der Waals surface area (Å²) in [6, 6.07) is 7.57. The lowest BCUT2D eigenvalue weighted by Gasteiger charge is -2.36. The van der Waals surface area contributed by atoms with Gasteiger partial charge in [-0.3, -0.25) is 0 Å². The van der Waals surface area contributed by atoms with Crippen molar-refractivity contribution in [3.8, 4) is 5.69 Å². The van der Waals surface area contributed by atoms with Crippen molar-refractivity contribution in [2.24, 2.45) is 0 Å². The van der Waals surface area contributed by atoms with E-state index in [2.05, 4.69) is 15.7 Å².